The fourth-order valence-electron chi connectivity index (χ4n) is 7.03. The molecule has 0 saturated carbocycles. The molecular formula is C47H77N13O14. The molecule has 9 unspecified atom stereocenters. The van der Waals surface area contributed by atoms with Gasteiger partial charge in [-0.15, -0.1) is 0 Å². The van der Waals surface area contributed by atoms with Crippen LogP contribution in [0.2, 0.25) is 0 Å². The molecule has 0 saturated heterocycles. The van der Waals surface area contributed by atoms with E-state index in [2.05, 4.69) is 47.5 Å². The summed E-state index contributed by atoms with van der Waals surface area (Å²) >= 11 is 0. The third-order valence-corrected chi connectivity index (χ3v) is 11.5. The minimum atomic E-state index is -1.63. The molecule has 0 aliphatic heterocycles. The van der Waals surface area contributed by atoms with Crippen molar-refractivity contribution >= 4 is 71.1 Å². The predicted octanol–water partition coefficient (Wildman–Crippen LogP) is -3.22. The number of rotatable bonds is 36. The summed E-state index contributed by atoms with van der Waals surface area (Å²) in [7, 11) is 0. The summed E-state index contributed by atoms with van der Waals surface area (Å²) in [6.07, 6.45) is -0.850. The molecule has 1 aromatic carbocycles. The van der Waals surface area contributed by atoms with Crippen molar-refractivity contribution in [3.8, 4) is 0 Å². The van der Waals surface area contributed by atoms with Crippen LogP contribution in [0.25, 0.3) is 0 Å². The number of nitrogens with zero attached hydrogens (tertiary/aromatic N) is 1. The molecule has 0 aliphatic rings. The van der Waals surface area contributed by atoms with Crippen LogP contribution in [0, 0.1) is 11.8 Å². The first kappa shape index (κ1) is 64.6. The van der Waals surface area contributed by atoms with Gasteiger partial charge in [0.2, 0.25) is 47.3 Å². The van der Waals surface area contributed by atoms with Gasteiger partial charge in [0.1, 0.15) is 42.3 Å². The molecule has 0 bridgehead atoms. The zero-order valence-electron chi connectivity index (χ0n) is 42.6. The van der Waals surface area contributed by atoms with E-state index >= 15 is 0 Å². The highest BCUT2D eigenvalue weighted by atomic mass is 16.4. The number of nitrogens with one attached hydrogen (secondary N) is 8. The summed E-state index contributed by atoms with van der Waals surface area (Å²) in [5.41, 5.74) is 22.6. The van der Waals surface area contributed by atoms with Gasteiger partial charge in [-0.1, -0.05) is 64.4 Å². The number of carbonyl (C=O) groups is 11. The molecule has 27 nitrogen and oxygen atoms in total. The number of nitrogens with two attached hydrogens (primary N) is 4. The number of benzene rings is 1. The van der Waals surface area contributed by atoms with E-state index in [1.54, 1.807) is 58.0 Å². The van der Waals surface area contributed by atoms with Crippen molar-refractivity contribution in [3.63, 3.8) is 0 Å². The second kappa shape index (κ2) is 34.1. The average molecular weight is 1050 g/mol. The van der Waals surface area contributed by atoms with E-state index in [9.17, 15) is 68.1 Å². The van der Waals surface area contributed by atoms with Crippen molar-refractivity contribution in [1.82, 2.24) is 42.5 Å². The van der Waals surface area contributed by atoms with E-state index in [4.69, 9.17) is 22.9 Å². The number of hydrogen-bond donors (Lipinski definition) is 15. The van der Waals surface area contributed by atoms with Gasteiger partial charge in [-0.3, -0.25) is 52.9 Å². The minimum absolute atomic E-state index is 0.0178. The Morgan fingerprint density at radius 1 is 0.568 bits per heavy atom. The third-order valence-electron chi connectivity index (χ3n) is 11.5. The van der Waals surface area contributed by atoms with Gasteiger partial charge in [0.25, 0.3) is 0 Å². The Kier molecular flexibility index (Phi) is 29.8. The number of unbranched alkanes of at least 4 members (excludes halogenated alkanes) is 1. The highest BCUT2D eigenvalue weighted by molar-refractivity contribution is 5.97. The van der Waals surface area contributed by atoms with E-state index in [0.717, 1.165) is 0 Å². The maximum absolute atomic E-state index is 14.0. The van der Waals surface area contributed by atoms with Crippen molar-refractivity contribution in [2.45, 2.75) is 154 Å². The smallest absolute Gasteiger partial charge is 0.326 e. The van der Waals surface area contributed by atoms with Crippen LogP contribution in [-0.2, 0) is 59.2 Å². The molecule has 9 atom stereocenters. The lowest BCUT2D eigenvalue weighted by Gasteiger charge is -2.30. The van der Waals surface area contributed by atoms with Crippen molar-refractivity contribution in [3.05, 3.63) is 35.9 Å². The first-order chi connectivity index (χ1) is 34.8. The Morgan fingerprint density at radius 3 is 1.58 bits per heavy atom. The first-order valence-corrected chi connectivity index (χ1v) is 24.4. The average Bonchev–Trinajstić information content (AvgIpc) is 3.33. The van der Waals surface area contributed by atoms with Crippen LogP contribution in [0.3, 0.4) is 0 Å². The Bertz CT molecular complexity index is 2090. The standard InChI is InChI=1S/C47H77N13O14/c1-6-26(4)38(45(72)59-37(25(2)3)44(71)57-32(46(73)74)15-10-11-21-48)60-42(69)29(16-12-22-52-47(50)51)54-34(61)24-53-40(67)30(17-19-35(62)63)56-43(70)33(23-28-13-8-7-9-14-28)58-41(68)31(18-20-36(64)65)55-39(66)27(5)49/h7-9,13-14,25-27,29-33,37-38H,6,10-12,15-24,48-49H2,1-5H3,(H,53,67)(H,54,61)(H,55,66)(H,56,70)(H,57,71)(H,58,68)(H,59,72)(H,60,69)(H,62,63)(H,64,65)(H,73,74)(H4,50,51,52). The summed E-state index contributed by atoms with van der Waals surface area (Å²) < 4.78 is 0. The largest absolute Gasteiger partial charge is 0.481 e. The second-order valence-corrected chi connectivity index (χ2v) is 18.1. The van der Waals surface area contributed by atoms with E-state index in [-0.39, 0.29) is 44.6 Å². The quantitative estimate of drug-likeness (QED) is 0.0179. The highest BCUT2D eigenvalue weighted by Gasteiger charge is 2.35. The van der Waals surface area contributed by atoms with Crippen molar-refractivity contribution < 1.29 is 68.1 Å². The number of aliphatic carboxylic acids is 3. The fourth-order valence-corrected chi connectivity index (χ4v) is 7.03. The summed E-state index contributed by atoms with van der Waals surface area (Å²) in [6, 6.07) is -2.54. The molecule has 0 aromatic heterocycles. The Morgan fingerprint density at radius 2 is 1.05 bits per heavy atom. The lowest BCUT2D eigenvalue weighted by atomic mass is 9.95. The van der Waals surface area contributed by atoms with Crippen molar-refractivity contribution in [2.24, 2.45) is 39.8 Å². The second-order valence-electron chi connectivity index (χ2n) is 18.1. The molecule has 27 heteroatoms. The molecule has 414 valence electrons. The Balaban J connectivity index is 3.41. The normalized spacial score (nSPS) is 14.6. The molecule has 74 heavy (non-hydrogen) atoms. The van der Waals surface area contributed by atoms with E-state index in [1.165, 1.54) is 6.92 Å². The topological polar surface area (TPSA) is 461 Å². The van der Waals surface area contributed by atoms with Gasteiger partial charge in [-0.25, -0.2) is 4.79 Å². The van der Waals surface area contributed by atoms with E-state index in [1.807, 2.05) is 0 Å². The van der Waals surface area contributed by atoms with Crippen LogP contribution in [-0.4, -0.2) is 154 Å². The minimum Gasteiger partial charge on any atom is -0.481 e. The molecule has 8 amide bonds. The summed E-state index contributed by atoms with van der Waals surface area (Å²) in [5, 5.41) is 48.3. The predicted molar refractivity (Wildman–Crippen MR) is 269 cm³/mol. The van der Waals surface area contributed by atoms with Crippen molar-refractivity contribution in [2.75, 3.05) is 19.6 Å². The zero-order valence-corrected chi connectivity index (χ0v) is 42.6. The molecule has 0 radical (unpaired) electrons. The highest BCUT2D eigenvalue weighted by Crippen LogP contribution is 2.13. The fraction of sp³-hybridized carbons (Fsp3) is 0.617. The molecular weight excluding hydrogens is 971 g/mol. The van der Waals surface area contributed by atoms with E-state index in [0.29, 0.717) is 31.4 Å². The number of carbonyl (C=O) groups excluding carboxylic acids is 8. The molecule has 19 N–H and O–H groups in total. The van der Waals surface area contributed by atoms with Crippen LogP contribution >= 0.6 is 0 Å². The first-order valence-electron chi connectivity index (χ1n) is 24.4. The van der Waals surface area contributed by atoms with Gasteiger partial charge in [-0.05, 0) is 75.8 Å². The van der Waals surface area contributed by atoms with Gasteiger partial charge in [-0.2, -0.15) is 0 Å². The lowest BCUT2D eigenvalue weighted by Crippen LogP contribution is -2.60. The molecule has 1 rings (SSSR count). The number of guanidine groups is 1. The lowest BCUT2D eigenvalue weighted by molar-refractivity contribution is -0.143. The molecule has 0 aliphatic carbocycles. The maximum atomic E-state index is 14.0. The molecule has 1 aromatic rings. The third kappa shape index (κ3) is 25.3. The van der Waals surface area contributed by atoms with Crippen LogP contribution in [0.15, 0.2) is 35.3 Å². The van der Waals surface area contributed by atoms with Gasteiger partial charge in [0.15, 0.2) is 5.96 Å². The van der Waals surface area contributed by atoms with Crippen LogP contribution in [0.5, 0.6) is 0 Å². The molecule has 0 heterocycles. The van der Waals surface area contributed by atoms with Gasteiger partial charge in [0, 0.05) is 25.8 Å². The maximum Gasteiger partial charge on any atom is 0.326 e. The van der Waals surface area contributed by atoms with E-state index < -0.39 is 151 Å². The SMILES string of the molecule is CCC(C)C(NC(=O)C(CCCN=C(N)N)NC(=O)CNC(=O)C(CCC(=O)O)NC(=O)C(Cc1ccccc1)NC(=O)C(CCC(=O)O)NC(=O)C(C)N)C(=O)NC(C(=O)NC(CCCCN)C(=O)O)C(C)C. The molecule has 0 spiro atoms. The number of amides is 8. The summed E-state index contributed by atoms with van der Waals surface area (Å²) in [4.78, 5) is 147. The van der Waals surface area contributed by atoms with Crippen molar-refractivity contribution in [1.29, 1.82) is 0 Å². The number of hydrogen-bond acceptors (Lipinski definition) is 14. The van der Waals surface area contributed by atoms with Gasteiger partial charge < -0.3 is 80.8 Å². The van der Waals surface area contributed by atoms with Gasteiger partial charge >= 0.3 is 17.9 Å². The van der Waals surface area contributed by atoms with Gasteiger partial charge in [0.05, 0.1) is 12.6 Å². The van der Waals surface area contributed by atoms with Crippen LogP contribution in [0.4, 0.5) is 0 Å². The summed E-state index contributed by atoms with van der Waals surface area (Å²) in [5.74, 6) is -12.3. The summed E-state index contributed by atoms with van der Waals surface area (Å²) in [6.45, 7) is 7.53. The monoisotopic (exact) mass is 1050 g/mol. The number of carboxylic acid groups (broad SMARTS) is 3. The van der Waals surface area contributed by atoms with Crippen LogP contribution in [0.1, 0.15) is 104 Å². The zero-order chi connectivity index (χ0) is 56.1. The van der Waals surface area contributed by atoms with Crippen LogP contribution < -0.4 is 65.5 Å². The Labute approximate surface area is 429 Å². The molecule has 0 fully saturated rings. The number of carboxylic acids is 3. The Hall–Kier alpha value is -7.42. The number of aliphatic imine (C=N–C) groups is 1.